The summed E-state index contributed by atoms with van der Waals surface area (Å²) in [7, 11) is 0. The molecule has 3 heteroatoms. The van der Waals surface area contributed by atoms with E-state index in [1.807, 2.05) is 0 Å². The van der Waals surface area contributed by atoms with E-state index in [0.29, 0.717) is 13.1 Å². The second kappa shape index (κ2) is 6.16. The molecule has 0 aliphatic heterocycles. The first-order valence-corrected chi connectivity index (χ1v) is 3.94. The number of hydrogen-bond acceptors (Lipinski definition) is 3. The first-order valence-electron chi connectivity index (χ1n) is 3.94. The lowest BCUT2D eigenvalue weighted by Crippen LogP contribution is -2.25. The van der Waals surface area contributed by atoms with Gasteiger partial charge in [-0.25, -0.2) is 0 Å². The van der Waals surface area contributed by atoms with Crippen LogP contribution in [0, 0.1) is 5.92 Å². The van der Waals surface area contributed by atoms with Gasteiger partial charge >= 0.3 is 0 Å². The lowest BCUT2D eigenvalue weighted by Gasteiger charge is -2.27. The zero-order chi connectivity index (χ0) is 8.69. The van der Waals surface area contributed by atoms with Crippen LogP contribution in [0.25, 0.3) is 0 Å². The van der Waals surface area contributed by atoms with Crippen LogP contribution in [0.4, 0.5) is 0 Å². The summed E-state index contributed by atoms with van der Waals surface area (Å²) >= 11 is 0. The Labute approximate surface area is 67.4 Å². The number of carbonyl (C=O) groups is 1. The van der Waals surface area contributed by atoms with Crippen molar-refractivity contribution >= 4 is 6.47 Å². The lowest BCUT2D eigenvalue weighted by molar-refractivity contribution is -0.128. The summed E-state index contributed by atoms with van der Waals surface area (Å²) in [5.41, 5.74) is 0. The molecule has 0 aromatic carbocycles. The van der Waals surface area contributed by atoms with Gasteiger partial charge in [0.05, 0.1) is 12.7 Å². The molecule has 1 saturated carbocycles. The molecular formula is C8H16O3. The van der Waals surface area contributed by atoms with Gasteiger partial charge in [-0.05, 0) is 25.7 Å². The van der Waals surface area contributed by atoms with E-state index in [0.717, 1.165) is 18.8 Å². The normalized spacial score (nSPS) is 27.5. The van der Waals surface area contributed by atoms with Crippen molar-refractivity contribution in [2.75, 3.05) is 6.61 Å². The Morgan fingerprint density at radius 3 is 2.18 bits per heavy atom. The highest BCUT2D eigenvalue weighted by Crippen LogP contribution is 2.25. The molecule has 0 unspecified atom stereocenters. The number of aliphatic hydroxyl groups excluding tert-OH is 1. The van der Waals surface area contributed by atoms with Crippen molar-refractivity contribution in [2.45, 2.75) is 32.8 Å². The minimum absolute atomic E-state index is 0.0417. The molecule has 0 bridgehead atoms. The van der Waals surface area contributed by atoms with Gasteiger partial charge in [0.2, 0.25) is 0 Å². The summed E-state index contributed by atoms with van der Waals surface area (Å²) in [5, 5.41) is 8.62. The highest BCUT2D eigenvalue weighted by molar-refractivity contribution is 5.36. The van der Waals surface area contributed by atoms with Crippen LogP contribution in [-0.4, -0.2) is 24.3 Å². The van der Waals surface area contributed by atoms with Gasteiger partial charge in [0.15, 0.2) is 0 Å². The Balaban J connectivity index is 0.000000187. The third-order valence-electron chi connectivity index (χ3n) is 1.58. The van der Waals surface area contributed by atoms with Crippen molar-refractivity contribution < 1.29 is 14.6 Å². The minimum atomic E-state index is 0.0417. The van der Waals surface area contributed by atoms with Gasteiger partial charge in [0.1, 0.15) is 0 Å². The lowest BCUT2D eigenvalue weighted by atomic mass is 9.84. The van der Waals surface area contributed by atoms with E-state index in [1.54, 1.807) is 6.92 Å². The van der Waals surface area contributed by atoms with E-state index >= 15 is 0 Å². The van der Waals surface area contributed by atoms with E-state index in [2.05, 4.69) is 11.7 Å². The molecule has 1 rings (SSSR count). The van der Waals surface area contributed by atoms with Crippen LogP contribution in [0.5, 0.6) is 0 Å². The molecule has 1 N–H and O–H groups in total. The number of rotatable bonds is 2. The summed E-state index contributed by atoms with van der Waals surface area (Å²) in [6.07, 6.45) is 2.10. The fourth-order valence-corrected chi connectivity index (χ4v) is 0.928. The van der Waals surface area contributed by atoms with Crippen molar-refractivity contribution in [3.63, 3.8) is 0 Å². The average molecular weight is 160 g/mol. The molecule has 0 amide bonds. The monoisotopic (exact) mass is 160 g/mol. The smallest absolute Gasteiger partial charge is 0.293 e. The molecule has 3 nitrogen and oxygen atoms in total. The predicted octanol–water partition coefficient (Wildman–Crippen LogP) is 0.957. The van der Waals surface area contributed by atoms with E-state index in [-0.39, 0.29) is 6.10 Å². The third kappa shape index (κ3) is 5.85. The molecule has 0 atom stereocenters. The largest absolute Gasteiger partial charge is 0.468 e. The van der Waals surface area contributed by atoms with E-state index in [1.165, 1.54) is 0 Å². The van der Waals surface area contributed by atoms with Crippen LogP contribution >= 0.6 is 0 Å². The molecule has 0 aromatic heterocycles. The van der Waals surface area contributed by atoms with E-state index in [9.17, 15) is 4.79 Å². The Morgan fingerprint density at radius 2 is 2.18 bits per heavy atom. The van der Waals surface area contributed by atoms with Crippen molar-refractivity contribution in [1.82, 2.24) is 0 Å². The summed E-state index contributed by atoms with van der Waals surface area (Å²) < 4.78 is 4.15. The van der Waals surface area contributed by atoms with Crippen LogP contribution in [0.2, 0.25) is 0 Å². The second-order valence-corrected chi connectivity index (χ2v) is 2.78. The third-order valence-corrected chi connectivity index (χ3v) is 1.58. The Morgan fingerprint density at radius 1 is 1.64 bits per heavy atom. The molecular weight excluding hydrogens is 144 g/mol. The fraction of sp³-hybridized carbons (Fsp3) is 0.875. The first-order chi connectivity index (χ1) is 5.20. The maximum absolute atomic E-state index is 9.18. The van der Waals surface area contributed by atoms with Gasteiger partial charge in [-0.3, -0.25) is 4.79 Å². The van der Waals surface area contributed by atoms with Gasteiger partial charge < -0.3 is 9.84 Å². The highest BCUT2D eigenvalue weighted by atomic mass is 16.5. The zero-order valence-corrected chi connectivity index (χ0v) is 7.12. The van der Waals surface area contributed by atoms with Gasteiger partial charge in [0.25, 0.3) is 6.47 Å². The molecule has 66 valence electrons. The second-order valence-electron chi connectivity index (χ2n) is 2.78. The molecule has 1 aliphatic carbocycles. The van der Waals surface area contributed by atoms with Crippen LogP contribution in [0.1, 0.15) is 26.7 Å². The summed E-state index contributed by atoms with van der Waals surface area (Å²) in [6.45, 7) is 4.82. The van der Waals surface area contributed by atoms with Gasteiger partial charge in [-0.1, -0.05) is 6.92 Å². The predicted molar refractivity (Wildman–Crippen MR) is 42.1 cm³/mol. The number of hydrogen-bond donors (Lipinski definition) is 1. The quantitative estimate of drug-likeness (QED) is 0.612. The van der Waals surface area contributed by atoms with Crippen LogP contribution in [-0.2, 0) is 9.53 Å². The van der Waals surface area contributed by atoms with Crippen molar-refractivity contribution in [3.05, 3.63) is 0 Å². The highest BCUT2D eigenvalue weighted by Gasteiger charge is 2.21. The van der Waals surface area contributed by atoms with E-state index in [4.69, 9.17) is 5.11 Å². The number of carbonyl (C=O) groups excluding carboxylic acids is 1. The topological polar surface area (TPSA) is 46.5 Å². The molecule has 1 fully saturated rings. The molecule has 11 heavy (non-hydrogen) atoms. The summed E-state index contributed by atoms with van der Waals surface area (Å²) in [4.78, 5) is 9.18. The molecule has 1 aliphatic rings. The van der Waals surface area contributed by atoms with E-state index < -0.39 is 0 Å². The van der Waals surface area contributed by atoms with Crippen LogP contribution in [0.3, 0.4) is 0 Å². The maximum atomic E-state index is 9.18. The van der Waals surface area contributed by atoms with Gasteiger partial charge in [0, 0.05) is 0 Å². The Kier molecular flexibility index (Phi) is 5.84. The summed E-state index contributed by atoms with van der Waals surface area (Å²) in [5.74, 6) is 0.792. The van der Waals surface area contributed by atoms with Crippen LogP contribution < -0.4 is 0 Å². The van der Waals surface area contributed by atoms with Crippen molar-refractivity contribution in [3.8, 4) is 0 Å². The zero-order valence-electron chi connectivity index (χ0n) is 7.12. The summed E-state index contributed by atoms with van der Waals surface area (Å²) in [6, 6.07) is 0. The van der Waals surface area contributed by atoms with Crippen molar-refractivity contribution in [2.24, 2.45) is 5.92 Å². The minimum Gasteiger partial charge on any atom is -0.468 e. The SMILES string of the molecule is CCOC=O.C[C@H]1C[C@@H](O)C1. The molecule has 0 aromatic rings. The first kappa shape index (κ1) is 10.4. The Hall–Kier alpha value is -0.570. The van der Waals surface area contributed by atoms with Gasteiger partial charge in [-0.2, -0.15) is 0 Å². The standard InChI is InChI=1S/C5H10O.C3H6O2/c1-4-2-5(6)3-4;1-2-5-3-4/h4-6H,2-3H2,1H3;3H,2H2,1H3/t4-,5+;. The Bertz CT molecular complexity index is 91.5. The van der Waals surface area contributed by atoms with Crippen molar-refractivity contribution in [1.29, 1.82) is 0 Å². The maximum Gasteiger partial charge on any atom is 0.293 e. The molecule has 0 saturated heterocycles. The molecule has 0 spiro atoms. The van der Waals surface area contributed by atoms with Gasteiger partial charge in [-0.15, -0.1) is 0 Å². The fourth-order valence-electron chi connectivity index (χ4n) is 0.928. The number of aliphatic hydroxyl groups is 1. The average Bonchev–Trinajstić information content (AvgIpc) is 1.88. The number of ether oxygens (including phenoxy) is 1. The van der Waals surface area contributed by atoms with Crippen LogP contribution in [0.15, 0.2) is 0 Å². The molecule has 0 heterocycles. The molecule has 0 radical (unpaired) electrons.